The lowest BCUT2D eigenvalue weighted by Crippen LogP contribution is -2.45. The zero-order valence-corrected chi connectivity index (χ0v) is 17.2. The third-order valence-electron chi connectivity index (χ3n) is 6.08. The molecule has 3 rings (SSSR count). The normalized spacial score (nSPS) is 20.0. The number of carbonyl (C=O) groups excluding carboxylic acids is 2. The van der Waals surface area contributed by atoms with E-state index >= 15 is 0 Å². The fraction of sp³-hybridized carbons (Fsp3) is 0.636. The summed E-state index contributed by atoms with van der Waals surface area (Å²) in [5, 5.41) is 0. The van der Waals surface area contributed by atoms with Crippen LogP contribution in [0.3, 0.4) is 0 Å². The van der Waals surface area contributed by atoms with Crippen molar-refractivity contribution in [3.8, 4) is 0 Å². The molecule has 2 fully saturated rings. The molecule has 0 saturated carbocycles. The number of rotatable bonds is 5. The van der Waals surface area contributed by atoms with Crippen LogP contribution in [0, 0.1) is 12.8 Å². The average Bonchev–Trinajstić information content (AvgIpc) is 2.94. The Kier molecular flexibility index (Phi) is 7.45. The van der Waals surface area contributed by atoms with Gasteiger partial charge in [-0.25, -0.2) is 0 Å². The molecule has 0 aliphatic carbocycles. The van der Waals surface area contributed by atoms with Crippen molar-refractivity contribution in [2.75, 3.05) is 52.9 Å². The first kappa shape index (κ1) is 20.8. The highest BCUT2D eigenvalue weighted by atomic mass is 16.5. The number of likely N-dealkylation sites (tertiary alicyclic amines) is 1. The molecule has 2 heterocycles. The number of amides is 1. The quantitative estimate of drug-likeness (QED) is 0.723. The molecule has 0 bridgehead atoms. The van der Waals surface area contributed by atoms with Gasteiger partial charge in [-0.2, -0.15) is 0 Å². The number of ether oxygens (including phenoxy) is 1. The number of aryl methyl sites for hydroxylation is 1. The van der Waals surface area contributed by atoms with E-state index < -0.39 is 0 Å². The Morgan fingerprint density at radius 3 is 2.39 bits per heavy atom. The summed E-state index contributed by atoms with van der Waals surface area (Å²) in [6, 6.07) is 8.57. The standard InChI is InChI=1S/C22H33N3O3/c1-18-6-3-4-7-20(18)16-23-10-5-11-24(15-14-23)17-21(26)25-12-8-19(9-13-25)22(27)28-2/h3-4,6-7,19H,5,8-17H2,1-2H3. The molecule has 2 aliphatic heterocycles. The molecule has 6 heteroatoms. The Labute approximate surface area is 168 Å². The Bertz CT molecular complexity index is 671. The first-order valence-corrected chi connectivity index (χ1v) is 10.4. The van der Waals surface area contributed by atoms with Crippen LogP contribution in [0.15, 0.2) is 24.3 Å². The maximum Gasteiger partial charge on any atom is 0.308 e. The molecule has 0 radical (unpaired) electrons. The maximum atomic E-state index is 12.7. The van der Waals surface area contributed by atoms with Crippen molar-refractivity contribution in [3.05, 3.63) is 35.4 Å². The molecule has 1 amide bonds. The lowest BCUT2D eigenvalue weighted by atomic mass is 9.97. The van der Waals surface area contributed by atoms with Gasteiger partial charge in [0.2, 0.25) is 5.91 Å². The van der Waals surface area contributed by atoms with E-state index in [4.69, 9.17) is 4.74 Å². The van der Waals surface area contributed by atoms with Gasteiger partial charge in [0.05, 0.1) is 19.6 Å². The van der Waals surface area contributed by atoms with Gasteiger partial charge in [-0.05, 0) is 50.4 Å². The number of hydrogen-bond donors (Lipinski definition) is 0. The monoisotopic (exact) mass is 387 g/mol. The SMILES string of the molecule is COC(=O)C1CCN(C(=O)CN2CCCN(Cc3ccccc3C)CC2)CC1. The zero-order valence-electron chi connectivity index (χ0n) is 17.2. The van der Waals surface area contributed by atoms with Crippen LogP contribution in [0.25, 0.3) is 0 Å². The van der Waals surface area contributed by atoms with E-state index in [9.17, 15) is 9.59 Å². The second-order valence-electron chi connectivity index (χ2n) is 8.01. The molecular formula is C22H33N3O3. The molecule has 2 saturated heterocycles. The molecule has 0 atom stereocenters. The molecule has 0 unspecified atom stereocenters. The molecule has 1 aromatic rings. The fourth-order valence-electron chi connectivity index (χ4n) is 4.19. The molecule has 2 aliphatic rings. The Balaban J connectivity index is 1.44. The first-order valence-electron chi connectivity index (χ1n) is 10.4. The second kappa shape index (κ2) is 10.0. The second-order valence-corrected chi connectivity index (χ2v) is 8.01. The van der Waals surface area contributed by atoms with E-state index in [1.807, 2.05) is 4.90 Å². The smallest absolute Gasteiger partial charge is 0.308 e. The number of esters is 1. The van der Waals surface area contributed by atoms with Crippen LogP contribution < -0.4 is 0 Å². The first-order chi connectivity index (χ1) is 13.6. The Morgan fingerprint density at radius 2 is 1.68 bits per heavy atom. The summed E-state index contributed by atoms with van der Waals surface area (Å²) in [7, 11) is 1.43. The molecule has 154 valence electrons. The minimum absolute atomic E-state index is 0.0535. The fourth-order valence-corrected chi connectivity index (χ4v) is 4.19. The molecular weight excluding hydrogens is 354 g/mol. The highest BCUT2D eigenvalue weighted by Crippen LogP contribution is 2.19. The van der Waals surface area contributed by atoms with E-state index in [0.29, 0.717) is 32.5 Å². The third-order valence-corrected chi connectivity index (χ3v) is 6.08. The summed E-state index contributed by atoms with van der Waals surface area (Å²) in [6.07, 6.45) is 2.51. The number of carbonyl (C=O) groups is 2. The molecule has 0 aromatic heterocycles. The maximum absolute atomic E-state index is 12.7. The molecule has 0 spiro atoms. The minimum Gasteiger partial charge on any atom is -0.469 e. The van der Waals surface area contributed by atoms with E-state index in [-0.39, 0.29) is 17.8 Å². The Morgan fingerprint density at radius 1 is 1.00 bits per heavy atom. The predicted octanol–water partition coefficient (Wildman–Crippen LogP) is 1.91. The molecule has 1 aromatic carbocycles. The van der Waals surface area contributed by atoms with Crippen LogP contribution >= 0.6 is 0 Å². The van der Waals surface area contributed by atoms with E-state index in [2.05, 4.69) is 41.0 Å². The lowest BCUT2D eigenvalue weighted by Gasteiger charge is -2.32. The van der Waals surface area contributed by atoms with Crippen LogP contribution in [0.2, 0.25) is 0 Å². The number of piperidine rings is 1. The van der Waals surface area contributed by atoms with Crippen LogP contribution in [-0.2, 0) is 20.9 Å². The predicted molar refractivity (Wildman–Crippen MR) is 109 cm³/mol. The van der Waals surface area contributed by atoms with Crippen molar-refractivity contribution >= 4 is 11.9 Å². The van der Waals surface area contributed by atoms with Crippen molar-refractivity contribution in [2.45, 2.75) is 32.7 Å². The van der Waals surface area contributed by atoms with Crippen LogP contribution in [0.1, 0.15) is 30.4 Å². The molecule has 0 N–H and O–H groups in total. The average molecular weight is 388 g/mol. The van der Waals surface area contributed by atoms with Gasteiger partial charge in [0.1, 0.15) is 0 Å². The Hall–Kier alpha value is -1.92. The van der Waals surface area contributed by atoms with E-state index in [1.54, 1.807) is 0 Å². The summed E-state index contributed by atoms with van der Waals surface area (Å²) < 4.78 is 4.83. The zero-order chi connectivity index (χ0) is 19.9. The lowest BCUT2D eigenvalue weighted by molar-refractivity contribution is -0.149. The van der Waals surface area contributed by atoms with Gasteiger partial charge >= 0.3 is 5.97 Å². The highest BCUT2D eigenvalue weighted by Gasteiger charge is 2.28. The van der Waals surface area contributed by atoms with Gasteiger partial charge in [-0.1, -0.05) is 24.3 Å². The van der Waals surface area contributed by atoms with Crippen molar-refractivity contribution in [1.29, 1.82) is 0 Å². The van der Waals surface area contributed by atoms with Gasteiger partial charge in [-0.3, -0.25) is 19.4 Å². The molecule has 28 heavy (non-hydrogen) atoms. The van der Waals surface area contributed by atoms with Gasteiger partial charge < -0.3 is 9.64 Å². The van der Waals surface area contributed by atoms with Crippen molar-refractivity contribution < 1.29 is 14.3 Å². The van der Waals surface area contributed by atoms with Gasteiger partial charge in [0, 0.05) is 32.7 Å². The van der Waals surface area contributed by atoms with Crippen molar-refractivity contribution in [1.82, 2.24) is 14.7 Å². The summed E-state index contributed by atoms with van der Waals surface area (Å²) in [5.41, 5.74) is 2.73. The summed E-state index contributed by atoms with van der Waals surface area (Å²) in [6.45, 7) is 8.91. The van der Waals surface area contributed by atoms with Gasteiger partial charge in [-0.15, -0.1) is 0 Å². The summed E-state index contributed by atoms with van der Waals surface area (Å²) >= 11 is 0. The van der Waals surface area contributed by atoms with E-state index in [0.717, 1.165) is 39.1 Å². The highest BCUT2D eigenvalue weighted by molar-refractivity contribution is 5.79. The van der Waals surface area contributed by atoms with Crippen LogP contribution in [0.5, 0.6) is 0 Å². The summed E-state index contributed by atoms with van der Waals surface area (Å²) in [5.74, 6) is -0.00808. The van der Waals surface area contributed by atoms with Gasteiger partial charge in [0.25, 0.3) is 0 Å². The van der Waals surface area contributed by atoms with Gasteiger partial charge in [0.15, 0.2) is 0 Å². The number of benzene rings is 1. The largest absolute Gasteiger partial charge is 0.469 e. The number of nitrogens with zero attached hydrogens (tertiary/aromatic N) is 3. The van der Waals surface area contributed by atoms with E-state index in [1.165, 1.54) is 18.2 Å². The topological polar surface area (TPSA) is 53.1 Å². The van der Waals surface area contributed by atoms with Crippen molar-refractivity contribution in [3.63, 3.8) is 0 Å². The van der Waals surface area contributed by atoms with Crippen LogP contribution in [-0.4, -0.2) is 79.5 Å². The van der Waals surface area contributed by atoms with Crippen molar-refractivity contribution in [2.24, 2.45) is 5.92 Å². The third kappa shape index (κ3) is 5.55. The van der Waals surface area contributed by atoms with Crippen LogP contribution in [0.4, 0.5) is 0 Å². The number of methoxy groups -OCH3 is 1. The summed E-state index contributed by atoms with van der Waals surface area (Å²) in [4.78, 5) is 31.0. The number of hydrogen-bond acceptors (Lipinski definition) is 5. The molecule has 6 nitrogen and oxygen atoms in total. The minimum atomic E-state index is -0.145.